The molecule has 0 atom stereocenters. The highest BCUT2D eigenvalue weighted by molar-refractivity contribution is 7.81. The Morgan fingerprint density at radius 1 is 1.64 bits per heavy atom. The van der Waals surface area contributed by atoms with Gasteiger partial charge >= 0.3 is 0 Å². The van der Waals surface area contributed by atoms with Crippen LogP contribution in [0.4, 0.5) is 5.13 Å². The molecule has 4 nitrogen and oxygen atoms in total. The quantitative estimate of drug-likeness (QED) is 0.783. The topological polar surface area (TPSA) is 51.4 Å². The Bertz CT molecular complexity index is 335. The van der Waals surface area contributed by atoms with Crippen molar-refractivity contribution in [3.63, 3.8) is 0 Å². The maximum absolute atomic E-state index is 5.59. The van der Waals surface area contributed by atoms with Crippen molar-refractivity contribution in [3.8, 4) is 0 Å². The minimum atomic E-state index is 0.377. The molecule has 0 aliphatic heterocycles. The fraction of sp³-hybridized carbons (Fsp3) is 0.500. The molecule has 1 heterocycles. The number of aromatic nitrogens is 1. The molecule has 0 aliphatic carbocycles. The van der Waals surface area contributed by atoms with Crippen molar-refractivity contribution in [2.75, 3.05) is 26.1 Å². The summed E-state index contributed by atoms with van der Waals surface area (Å²) < 4.78 is 5.02. The first kappa shape index (κ1) is 11.4. The van der Waals surface area contributed by atoms with Gasteiger partial charge in [0, 0.05) is 21.2 Å². The zero-order valence-corrected chi connectivity index (χ0v) is 10.0. The van der Waals surface area contributed by atoms with E-state index in [-0.39, 0.29) is 0 Å². The summed E-state index contributed by atoms with van der Waals surface area (Å²) in [5.41, 5.74) is 6.40. The number of anilines is 1. The monoisotopic (exact) mass is 231 g/mol. The van der Waals surface area contributed by atoms with Crippen LogP contribution in [-0.4, -0.2) is 31.2 Å². The molecule has 0 amide bonds. The molecule has 1 aromatic rings. The first-order valence-electron chi connectivity index (χ1n) is 4.02. The fourth-order valence-electron chi connectivity index (χ4n) is 0.958. The molecule has 6 heteroatoms. The first-order valence-corrected chi connectivity index (χ1v) is 5.24. The number of ether oxygens (including phenoxy) is 1. The second kappa shape index (κ2) is 4.68. The van der Waals surface area contributed by atoms with Crippen molar-refractivity contribution in [2.45, 2.75) is 6.61 Å². The summed E-state index contributed by atoms with van der Waals surface area (Å²) in [4.78, 5) is 7.51. The summed E-state index contributed by atoms with van der Waals surface area (Å²) in [6.07, 6.45) is 0. The van der Waals surface area contributed by atoms with Gasteiger partial charge in [0.05, 0.1) is 17.2 Å². The first-order chi connectivity index (χ1) is 6.56. The molecule has 1 aromatic heterocycles. The van der Waals surface area contributed by atoms with E-state index < -0.39 is 0 Å². The van der Waals surface area contributed by atoms with E-state index in [0.717, 1.165) is 15.7 Å². The molecule has 0 fully saturated rings. The van der Waals surface area contributed by atoms with Crippen LogP contribution in [0.2, 0.25) is 0 Å². The Morgan fingerprint density at radius 3 is 2.71 bits per heavy atom. The number of rotatable bonds is 4. The van der Waals surface area contributed by atoms with E-state index in [2.05, 4.69) is 4.98 Å². The lowest BCUT2D eigenvalue weighted by Gasteiger charge is -2.05. The van der Waals surface area contributed by atoms with E-state index in [1.165, 1.54) is 11.3 Å². The molecule has 14 heavy (non-hydrogen) atoms. The molecule has 0 unspecified atom stereocenters. The highest BCUT2D eigenvalue weighted by atomic mass is 32.1. The molecular formula is C8H13N3OS2. The Kier molecular flexibility index (Phi) is 3.79. The van der Waals surface area contributed by atoms with Crippen LogP contribution in [0.15, 0.2) is 0 Å². The van der Waals surface area contributed by atoms with Crippen molar-refractivity contribution in [2.24, 2.45) is 5.73 Å². The fourth-order valence-corrected chi connectivity index (χ4v) is 2.04. The van der Waals surface area contributed by atoms with Crippen LogP contribution in [0.3, 0.4) is 0 Å². The van der Waals surface area contributed by atoms with Gasteiger partial charge in [-0.05, 0) is 0 Å². The van der Waals surface area contributed by atoms with Crippen molar-refractivity contribution in [3.05, 3.63) is 10.6 Å². The second-order valence-electron chi connectivity index (χ2n) is 2.96. The molecule has 1 rings (SSSR count). The summed E-state index contributed by atoms with van der Waals surface area (Å²) in [6, 6.07) is 0. The Hall–Kier alpha value is -0.720. The highest BCUT2D eigenvalue weighted by Gasteiger charge is 2.13. The third-order valence-corrected chi connectivity index (χ3v) is 3.21. The Morgan fingerprint density at radius 2 is 2.29 bits per heavy atom. The van der Waals surface area contributed by atoms with Gasteiger partial charge in [-0.1, -0.05) is 23.6 Å². The number of hydrogen-bond acceptors (Lipinski definition) is 5. The zero-order chi connectivity index (χ0) is 10.7. The molecule has 0 aromatic carbocycles. The van der Waals surface area contributed by atoms with Crippen LogP contribution < -0.4 is 10.6 Å². The van der Waals surface area contributed by atoms with Crippen LogP contribution in [0.1, 0.15) is 10.6 Å². The lowest BCUT2D eigenvalue weighted by Crippen LogP contribution is -2.10. The van der Waals surface area contributed by atoms with Gasteiger partial charge in [0.15, 0.2) is 5.13 Å². The number of nitrogens with zero attached hydrogens (tertiary/aromatic N) is 2. The number of hydrogen-bond donors (Lipinski definition) is 1. The predicted molar refractivity (Wildman–Crippen MR) is 63.0 cm³/mol. The van der Waals surface area contributed by atoms with Gasteiger partial charge in [0.25, 0.3) is 0 Å². The van der Waals surface area contributed by atoms with Gasteiger partial charge in [-0.3, -0.25) is 0 Å². The smallest absolute Gasteiger partial charge is 0.185 e. The number of methoxy groups -OCH3 is 1. The van der Waals surface area contributed by atoms with Crippen molar-refractivity contribution >= 4 is 33.7 Å². The maximum atomic E-state index is 5.59. The van der Waals surface area contributed by atoms with Crippen LogP contribution in [-0.2, 0) is 11.3 Å². The summed E-state index contributed by atoms with van der Waals surface area (Å²) in [5, 5.41) is 0.889. The third kappa shape index (κ3) is 2.40. The highest BCUT2D eigenvalue weighted by Crippen LogP contribution is 2.25. The molecule has 0 radical (unpaired) electrons. The molecule has 0 saturated heterocycles. The largest absolute Gasteiger partial charge is 0.389 e. The van der Waals surface area contributed by atoms with Crippen LogP contribution in [0.25, 0.3) is 0 Å². The van der Waals surface area contributed by atoms with Gasteiger partial charge in [0.2, 0.25) is 0 Å². The average molecular weight is 231 g/mol. The van der Waals surface area contributed by atoms with Gasteiger partial charge in [-0.2, -0.15) is 0 Å². The minimum Gasteiger partial charge on any atom is -0.389 e. The standard InChI is InChI=1S/C8H13N3OS2/c1-11(2)8-10-5(4-12-3)6(14-8)7(9)13/h4H2,1-3H3,(H2,9,13). The van der Waals surface area contributed by atoms with Gasteiger partial charge in [0.1, 0.15) is 4.99 Å². The Balaban J connectivity index is 3.05. The zero-order valence-electron chi connectivity index (χ0n) is 8.40. The van der Waals surface area contributed by atoms with E-state index in [9.17, 15) is 0 Å². The van der Waals surface area contributed by atoms with E-state index in [1.807, 2.05) is 19.0 Å². The predicted octanol–water partition coefficient (Wildman–Crippen LogP) is 0.990. The Labute approximate surface area is 92.7 Å². The summed E-state index contributed by atoms with van der Waals surface area (Å²) >= 11 is 6.42. The summed E-state index contributed by atoms with van der Waals surface area (Å²) in [7, 11) is 5.48. The van der Waals surface area contributed by atoms with Crippen molar-refractivity contribution in [1.29, 1.82) is 0 Å². The number of nitrogens with two attached hydrogens (primary N) is 1. The summed E-state index contributed by atoms with van der Waals surface area (Å²) in [5.74, 6) is 0. The van der Waals surface area contributed by atoms with Crippen molar-refractivity contribution in [1.82, 2.24) is 4.98 Å². The van der Waals surface area contributed by atoms with E-state index in [1.54, 1.807) is 7.11 Å². The number of thiazole rings is 1. The average Bonchev–Trinajstić information content (AvgIpc) is 2.49. The molecule has 0 bridgehead atoms. The molecule has 2 N–H and O–H groups in total. The SMILES string of the molecule is COCc1nc(N(C)C)sc1C(N)=S. The third-order valence-electron chi connectivity index (χ3n) is 1.57. The minimum absolute atomic E-state index is 0.377. The van der Waals surface area contributed by atoms with Crippen LogP contribution in [0.5, 0.6) is 0 Å². The van der Waals surface area contributed by atoms with Crippen LogP contribution in [0, 0.1) is 0 Å². The second-order valence-corrected chi connectivity index (χ2v) is 4.38. The molecular weight excluding hydrogens is 218 g/mol. The van der Waals surface area contributed by atoms with Crippen LogP contribution >= 0.6 is 23.6 Å². The molecule has 0 spiro atoms. The van der Waals surface area contributed by atoms with Crippen molar-refractivity contribution < 1.29 is 4.74 Å². The lowest BCUT2D eigenvalue weighted by molar-refractivity contribution is 0.182. The molecule has 0 saturated carbocycles. The maximum Gasteiger partial charge on any atom is 0.185 e. The van der Waals surface area contributed by atoms with E-state index >= 15 is 0 Å². The molecule has 78 valence electrons. The molecule has 0 aliphatic rings. The summed E-state index contributed by atoms with van der Waals surface area (Å²) in [6.45, 7) is 0.441. The van der Waals surface area contributed by atoms with E-state index in [4.69, 9.17) is 22.7 Å². The number of thiocarbonyl (C=S) groups is 1. The van der Waals surface area contributed by atoms with Gasteiger partial charge in [-0.25, -0.2) is 4.98 Å². The van der Waals surface area contributed by atoms with Gasteiger partial charge in [-0.15, -0.1) is 0 Å². The van der Waals surface area contributed by atoms with Gasteiger partial charge < -0.3 is 15.4 Å². The van der Waals surface area contributed by atoms with E-state index in [0.29, 0.717) is 11.6 Å². The normalized spacial score (nSPS) is 10.2. The lowest BCUT2D eigenvalue weighted by atomic mass is 10.4.